The predicted molar refractivity (Wildman–Crippen MR) is 274 cm³/mol. The Hall–Kier alpha value is -3.93. The number of hydrogen-bond acceptors (Lipinski definition) is 6. The van der Waals surface area contributed by atoms with E-state index >= 15 is 0 Å². The zero-order valence-corrected chi connectivity index (χ0v) is 41.3. The lowest BCUT2D eigenvalue weighted by atomic mass is 10.1. The van der Waals surface area contributed by atoms with Crippen LogP contribution < -0.4 is 0 Å². The van der Waals surface area contributed by atoms with Crippen LogP contribution in [0.4, 0.5) is 0 Å². The van der Waals surface area contributed by atoms with Crippen molar-refractivity contribution in [3.05, 3.63) is 109 Å². The Morgan fingerprint density at radius 3 is 1.06 bits per heavy atom. The van der Waals surface area contributed by atoms with Crippen molar-refractivity contribution < 1.29 is 28.6 Å². The summed E-state index contributed by atoms with van der Waals surface area (Å²) in [6, 6.07) is 0. The van der Waals surface area contributed by atoms with Crippen molar-refractivity contribution in [2.24, 2.45) is 0 Å². The number of ether oxygens (including phenoxy) is 3. The van der Waals surface area contributed by atoms with Crippen LogP contribution in [0.1, 0.15) is 220 Å². The highest BCUT2D eigenvalue weighted by atomic mass is 16.6. The van der Waals surface area contributed by atoms with Crippen LogP contribution in [-0.2, 0) is 28.6 Å². The fourth-order valence-electron chi connectivity index (χ4n) is 6.58. The molecule has 0 heterocycles. The van der Waals surface area contributed by atoms with E-state index in [1.54, 1.807) is 0 Å². The number of esters is 3. The minimum Gasteiger partial charge on any atom is -0.462 e. The Bertz CT molecular complexity index is 1340. The molecule has 64 heavy (non-hydrogen) atoms. The van der Waals surface area contributed by atoms with Crippen molar-refractivity contribution in [1.29, 1.82) is 0 Å². The summed E-state index contributed by atoms with van der Waals surface area (Å²) < 4.78 is 16.7. The van der Waals surface area contributed by atoms with E-state index in [4.69, 9.17) is 14.2 Å². The molecule has 1 unspecified atom stereocenters. The lowest BCUT2D eigenvalue weighted by molar-refractivity contribution is -0.167. The van der Waals surface area contributed by atoms with Gasteiger partial charge < -0.3 is 14.2 Å². The summed E-state index contributed by atoms with van der Waals surface area (Å²) in [5.74, 6) is -1.00. The van der Waals surface area contributed by atoms with Gasteiger partial charge in [-0.3, -0.25) is 14.4 Å². The molecule has 1 atom stereocenters. The third kappa shape index (κ3) is 49.1. The molecule has 0 radical (unpaired) electrons. The first-order chi connectivity index (χ1) is 31.5. The van der Waals surface area contributed by atoms with Gasteiger partial charge in [0.05, 0.1) is 0 Å². The van der Waals surface area contributed by atoms with Crippen molar-refractivity contribution in [2.45, 2.75) is 226 Å². The molecule has 0 aliphatic heterocycles. The first-order valence-electron chi connectivity index (χ1n) is 25.9. The summed E-state index contributed by atoms with van der Waals surface area (Å²) in [5.41, 5.74) is 0. The fourth-order valence-corrected chi connectivity index (χ4v) is 6.58. The molecule has 0 aliphatic rings. The van der Waals surface area contributed by atoms with Crippen LogP contribution in [0.25, 0.3) is 0 Å². The van der Waals surface area contributed by atoms with Crippen LogP contribution in [-0.4, -0.2) is 37.2 Å². The van der Waals surface area contributed by atoms with Gasteiger partial charge >= 0.3 is 17.9 Å². The standard InChI is InChI=1S/C58H94O6/c1-4-7-10-13-16-19-22-24-26-28-29-31-32-34-36-39-42-45-48-51-57(60)63-54-55(53-62-56(59)50-47-44-41-38-21-18-15-12-9-6-3)64-58(61)52-49-46-43-40-37-35-33-30-27-25-23-20-17-14-11-8-5-2/h7,10,15-20,24-27,29,31,33,35,40,43,55H,4-6,8-9,11-14,21-23,28,30,32,34,36-39,41-42,44-54H2,1-3H3/b10-7-,18-15-,19-16-,20-17-,26-24-,27-25-,31-29-,35-33-,43-40-. The number of unbranched alkanes of at least 4 members (excludes halogenated alkanes) is 16. The van der Waals surface area contributed by atoms with Crippen LogP contribution in [0.15, 0.2) is 109 Å². The van der Waals surface area contributed by atoms with Gasteiger partial charge in [0.15, 0.2) is 6.10 Å². The number of carbonyl (C=O) groups excluding carboxylic acids is 3. The van der Waals surface area contributed by atoms with Gasteiger partial charge in [-0.15, -0.1) is 0 Å². The van der Waals surface area contributed by atoms with Crippen LogP contribution >= 0.6 is 0 Å². The second kappa shape index (κ2) is 51.7. The van der Waals surface area contributed by atoms with Crippen molar-refractivity contribution in [2.75, 3.05) is 13.2 Å². The summed E-state index contributed by atoms with van der Waals surface area (Å²) in [4.78, 5) is 37.9. The van der Waals surface area contributed by atoms with Gasteiger partial charge in [0.1, 0.15) is 13.2 Å². The molecule has 0 fully saturated rings. The predicted octanol–water partition coefficient (Wildman–Crippen LogP) is 17.1. The van der Waals surface area contributed by atoms with E-state index in [0.717, 1.165) is 122 Å². The maximum atomic E-state index is 12.8. The fraction of sp³-hybridized carbons (Fsp3) is 0.638. The quantitative estimate of drug-likeness (QED) is 0.0262. The van der Waals surface area contributed by atoms with E-state index in [1.165, 1.54) is 51.4 Å². The van der Waals surface area contributed by atoms with E-state index < -0.39 is 6.10 Å². The number of rotatable bonds is 45. The van der Waals surface area contributed by atoms with Gasteiger partial charge in [-0.05, 0) is 116 Å². The molecule has 0 spiro atoms. The van der Waals surface area contributed by atoms with Crippen LogP contribution in [0.5, 0.6) is 0 Å². The third-order valence-electron chi connectivity index (χ3n) is 10.5. The van der Waals surface area contributed by atoms with Gasteiger partial charge in [0.2, 0.25) is 0 Å². The number of carbonyl (C=O) groups is 3. The molecule has 0 saturated heterocycles. The Labute approximate surface area is 393 Å². The topological polar surface area (TPSA) is 78.9 Å². The van der Waals surface area contributed by atoms with Gasteiger partial charge in [-0.25, -0.2) is 0 Å². The number of allylic oxidation sites excluding steroid dienone is 18. The summed E-state index contributed by atoms with van der Waals surface area (Å²) in [7, 11) is 0. The molecule has 0 aromatic carbocycles. The second-order valence-corrected chi connectivity index (χ2v) is 16.7. The highest BCUT2D eigenvalue weighted by Crippen LogP contribution is 2.12. The average molecular weight is 887 g/mol. The van der Waals surface area contributed by atoms with E-state index in [9.17, 15) is 14.4 Å². The van der Waals surface area contributed by atoms with Crippen molar-refractivity contribution in [3.8, 4) is 0 Å². The molecule has 6 nitrogen and oxygen atoms in total. The lowest BCUT2D eigenvalue weighted by Crippen LogP contribution is -2.30. The second-order valence-electron chi connectivity index (χ2n) is 16.7. The molecule has 0 rings (SSSR count). The molecule has 0 saturated carbocycles. The average Bonchev–Trinajstić information content (AvgIpc) is 3.29. The van der Waals surface area contributed by atoms with Crippen LogP contribution in [0.3, 0.4) is 0 Å². The molecule has 6 heteroatoms. The molecule has 0 aromatic heterocycles. The highest BCUT2D eigenvalue weighted by molar-refractivity contribution is 5.71. The Morgan fingerprint density at radius 1 is 0.328 bits per heavy atom. The first kappa shape index (κ1) is 60.1. The Balaban J connectivity index is 4.48. The molecule has 0 aromatic rings. The summed E-state index contributed by atoms with van der Waals surface area (Å²) in [6.07, 6.45) is 69.3. The van der Waals surface area contributed by atoms with Crippen molar-refractivity contribution in [1.82, 2.24) is 0 Å². The van der Waals surface area contributed by atoms with Crippen LogP contribution in [0.2, 0.25) is 0 Å². The van der Waals surface area contributed by atoms with Gasteiger partial charge in [0, 0.05) is 19.3 Å². The summed E-state index contributed by atoms with van der Waals surface area (Å²) >= 11 is 0. The largest absolute Gasteiger partial charge is 0.462 e. The smallest absolute Gasteiger partial charge is 0.306 e. The zero-order chi connectivity index (χ0) is 46.5. The Kier molecular flexibility index (Phi) is 48.5. The monoisotopic (exact) mass is 887 g/mol. The minimum absolute atomic E-state index is 0.113. The number of hydrogen-bond donors (Lipinski definition) is 0. The van der Waals surface area contributed by atoms with E-state index in [0.29, 0.717) is 19.3 Å². The van der Waals surface area contributed by atoms with E-state index in [2.05, 4.69) is 130 Å². The molecule has 0 aliphatic carbocycles. The molecular weight excluding hydrogens is 793 g/mol. The van der Waals surface area contributed by atoms with Gasteiger partial charge in [-0.1, -0.05) is 194 Å². The van der Waals surface area contributed by atoms with Crippen molar-refractivity contribution >= 4 is 17.9 Å². The summed E-state index contributed by atoms with van der Waals surface area (Å²) in [5, 5.41) is 0. The Morgan fingerprint density at radius 2 is 0.641 bits per heavy atom. The van der Waals surface area contributed by atoms with Gasteiger partial charge in [-0.2, -0.15) is 0 Å². The molecule has 0 amide bonds. The summed E-state index contributed by atoms with van der Waals surface area (Å²) in [6.45, 7) is 6.37. The normalized spacial score (nSPS) is 13.0. The SMILES string of the molecule is CC/C=C\C/C=C\C/C=C\C/C=C\CCCCCCCCC(=O)OCC(COC(=O)CCCCCC/C=C\CCCC)OC(=O)CCC/C=C\C/C=C\C/C=C\C/C=C\CCCCC. The molecular formula is C58H94O6. The molecule has 0 bridgehead atoms. The van der Waals surface area contributed by atoms with E-state index in [1.807, 2.05) is 0 Å². The maximum absolute atomic E-state index is 12.8. The van der Waals surface area contributed by atoms with E-state index in [-0.39, 0.29) is 37.5 Å². The zero-order valence-electron chi connectivity index (χ0n) is 41.3. The maximum Gasteiger partial charge on any atom is 0.306 e. The third-order valence-corrected chi connectivity index (χ3v) is 10.5. The molecule has 362 valence electrons. The first-order valence-corrected chi connectivity index (χ1v) is 25.9. The lowest BCUT2D eigenvalue weighted by Gasteiger charge is -2.18. The van der Waals surface area contributed by atoms with Crippen LogP contribution in [0, 0.1) is 0 Å². The minimum atomic E-state index is -0.818. The molecule has 0 N–H and O–H groups in total. The van der Waals surface area contributed by atoms with Gasteiger partial charge in [0.25, 0.3) is 0 Å². The van der Waals surface area contributed by atoms with Crippen molar-refractivity contribution in [3.63, 3.8) is 0 Å². The highest BCUT2D eigenvalue weighted by Gasteiger charge is 2.19.